The topological polar surface area (TPSA) is 55.8 Å². The van der Waals surface area contributed by atoms with Gasteiger partial charge in [-0.2, -0.15) is 0 Å². The van der Waals surface area contributed by atoms with Gasteiger partial charge in [-0.15, -0.1) is 0 Å². The molecule has 0 bridgehead atoms. The van der Waals surface area contributed by atoms with E-state index in [2.05, 4.69) is 37.7 Å². The molecule has 2 aromatic rings. The highest BCUT2D eigenvalue weighted by molar-refractivity contribution is 6.30. The summed E-state index contributed by atoms with van der Waals surface area (Å²) in [6, 6.07) is 7.84. The number of amides is 1. The van der Waals surface area contributed by atoms with Crippen LogP contribution in [0.4, 0.5) is 11.6 Å². The number of carbonyl (C=O) groups excluding carboxylic acids is 1. The minimum atomic E-state index is 0.214. The Morgan fingerprint density at radius 1 is 0.966 bits per heavy atom. The maximum Gasteiger partial charge on any atom is 0.236 e. The summed E-state index contributed by atoms with van der Waals surface area (Å²) in [7, 11) is 0. The first kappa shape index (κ1) is 19.9. The van der Waals surface area contributed by atoms with Crippen LogP contribution in [-0.2, 0) is 4.79 Å². The predicted molar refractivity (Wildman–Crippen MR) is 116 cm³/mol. The average molecular weight is 415 g/mol. The molecule has 8 heteroatoms. The fourth-order valence-electron chi connectivity index (χ4n) is 3.97. The van der Waals surface area contributed by atoms with Gasteiger partial charge in [0.05, 0.1) is 6.54 Å². The number of hydrogen-bond acceptors (Lipinski definition) is 6. The zero-order valence-electron chi connectivity index (χ0n) is 16.8. The summed E-state index contributed by atoms with van der Waals surface area (Å²) in [5, 5.41) is 0.767. The smallest absolute Gasteiger partial charge is 0.236 e. The van der Waals surface area contributed by atoms with Crippen LogP contribution in [0.1, 0.15) is 5.56 Å². The normalized spacial score (nSPS) is 18.2. The summed E-state index contributed by atoms with van der Waals surface area (Å²) in [5.41, 5.74) is 2.43. The monoisotopic (exact) mass is 414 g/mol. The van der Waals surface area contributed by atoms with Crippen molar-refractivity contribution in [2.24, 2.45) is 0 Å². The van der Waals surface area contributed by atoms with Gasteiger partial charge < -0.3 is 14.7 Å². The van der Waals surface area contributed by atoms with Crippen molar-refractivity contribution in [3.8, 4) is 0 Å². The number of aromatic nitrogens is 2. The Labute approximate surface area is 176 Å². The average Bonchev–Trinajstić information content (AvgIpc) is 2.77. The highest BCUT2D eigenvalue weighted by Crippen LogP contribution is 2.25. The molecule has 1 aromatic carbocycles. The van der Waals surface area contributed by atoms with Crippen LogP contribution < -0.4 is 9.80 Å². The van der Waals surface area contributed by atoms with Crippen LogP contribution in [0.25, 0.3) is 0 Å². The number of hydrogen-bond donors (Lipinski definition) is 0. The van der Waals surface area contributed by atoms with Crippen LogP contribution in [0.3, 0.4) is 0 Å². The lowest BCUT2D eigenvalue weighted by Gasteiger charge is -2.39. The first-order chi connectivity index (χ1) is 14.1. The van der Waals surface area contributed by atoms with Crippen molar-refractivity contribution in [3.05, 3.63) is 47.2 Å². The van der Waals surface area contributed by atoms with Crippen molar-refractivity contribution in [2.75, 3.05) is 68.7 Å². The largest absolute Gasteiger partial charge is 0.369 e. The summed E-state index contributed by atoms with van der Waals surface area (Å²) >= 11 is 6.17. The second-order valence-electron chi connectivity index (χ2n) is 7.61. The fraction of sp³-hybridized carbons (Fsp3) is 0.476. The zero-order chi connectivity index (χ0) is 20.2. The molecule has 0 saturated carbocycles. The van der Waals surface area contributed by atoms with E-state index in [1.54, 1.807) is 12.4 Å². The Morgan fingerprint density at radius 3 is 2.31 bits per heavy atom. The lowest BCUT2D eigenvalue weighted by atomic mass is 10.1. The second-order valence-corrected chi connectivity index (χ2v) is 8.05. The van der Waals surface area contributed by atoms with Crippen LogP contribution in [0.15, 0.2) is 36.7 Å². The maximum absolute atomic E-state index is 12.8. The van der Waals surface area contributed by atoms with E-state index in [0.29, 0.717) is 6.54 Å². The van der Waals surface area contributed by atoms with Crippen molar-refractivity contribution in [1.82, 2.24) is 19.8 Å². The van der Waals surface area contributed by atoms with E-state index in [1.807, 2.05) is 23.1 Å². The molecule has 0 N–H and O–H groups in total. The summed E-state index contributed by atoms with van der Waals surface area (Å²) in [4.78, 5) is 30.1. The Kier molecular flexibility index (Phi) is 6.16. The third-order valence-corrected chi connectivity index (χ3v) is 5.95. The summed E-state index contributed by atoms with van der Waals surface area (Å²) in [5.74, 6) is 0.957. The molecule has 7 nitrogen and oxygen atoms in total. The standard InChI is InChI=1S/C21H27ClN6O/c1-17-3-4-18(22)15-19(17)26-9-7-25(8-10-26)16-20(29)27-11-13-28(14-12-27)21-23-5-2-6-24-21/h2-6,15H,7-14,16H2,1H3. The van der Waals surface area contributed by atoms with E-state index in [9.17, 15) is 4.79 Å². The quantitative estimate of drug-likeness (QED) is 0.761. The van der Waals surface area contributed by atoms with Gasteiger partial charge in [-0.1, -0.05) is 17.7 Å². The molecule has 0 radical (unpaired) electrons. The maximum atomic E-state index is 12.8. The van der Waals surface area contributed by atoms with E-state index in [0.717, 1.165) is 63.3 Å². The van der Waals surface area contributed by atoms with Crippen LogP contribution in [0, 0.1) is 6.92 Å². The fourth-order valence-corrected chi connectivity index (χ4v) is 4.14. The summed E-state index contributed by atoms with van der Waals surface area (Å²) in [6.07, 6.45) is 3.51. The minimum absolute atomic E-state index is 0.214. The molecule has 2 saturated heterocycles. The Hall–Kier alpha value is -2.38. The number of halogens is 1. The second kappa shape index (κ2) is 8.97. The molecule has 4 rings (SSSR count). The number of anilines is 2. The highest BCUT2D eigenvalue weighted by atomic mass is 35.5. The highest BCUT2D eigenvalue weighted by Gasteiger charge is 2.26. The number of rotatable bonds is 4. The van der Waals surface area contributed by atoms with Gasteiger partial charge in [0.2, 0.25) is 11.9 Å². The summed E-state index contributed by atoms with van der Waals surface area (Å²) in [6.45, 7) is 9.19. The molecule has 0 spiro atoms. The van der Waals surface area contributed by atoms with Crippen molar-refractivity contribution < 1.29 is 4.79 Å². The van der Waals surface area contributed by atoms with Crippen LogP contribution in [0.5, 0.6) is 0 Å². The molecule has 2 aliphatic rings. The van der Waals surface area contributed by atoms with E-state index < -0.39 is 0 Å². The molecule has 154 valence electrons. The van der Waals surface area contributed by atoms with Gasteiger partial charge >= 0.3 is 0 Å². The molecule has 0 unspecified atom stereocenters. The lowest BCUT2D eigenvalue weighted by molar-refractivity contribution is -0.132. The van der Waals surface area contributed by atoms with Gasteiger partial charge in [-0.25, -0.2) is 9.97 Å². The number of benzene rings is 1. The Balaban J connectivity index is 1.25. The molecule has 2 fully saturated rings. The van der Waals surface area contributed by atoms with Gasteiger partial charge in [0.25, 0.3) is 0 Å². The molecular weight excluding hydrogens is 388 g/mol. The van der Waals surface area contributed by atoms with Crippen molar-refractivity contribution in [1.29, 1.82) is 0 Å². The van der Waals surface area contributed by atoms with Gasteiger partial charge in [0.15, 0.2) is 0 Å². The first-order valence-corrected chi connectivity index (χ1v) is 10.5. The number of nitrogens with zero attached hydrogens (tertiary/aromatic N) is 6. The van der Waals surface area contributed by atoms with Crippen molar-refractivity contribution in [2.45, 2.75) is 6.92 Å². The first-order valence-electron chi connectivity index (χ1n) is 10.1. The number of aryl methyl sites for hydroxylation is 1. The van der Waals surface area contributed by atoms with E-state index >= 15 is 0 Å². The molecular formula is C21H27ClN6O. The van der Waals surface area contributed by atoms with E-state index in [4.69, 9.17) is 11.6 Å². The van der Waals surface area contributed by atoms with Crippen molar-refractivity contribution in [3.63, 3.8) is 0 Å². The molecule has 3 heterocycles. The Bertz CT molecular complexity index is 832. The van der Waals surface area contributed by atoms with Crippen molar-refractivity contribution >= 4 is 29.1 Å². The molecule has 29 heavy (non-hydrogen) atoms. The van der Waals surface area contributed by atoms with Crippen LogP contribution >= 0.6 is 11.6 Å². The van der Waals surface area contributed by atoms with Crippen LogP contribution in [-0.4, -0.2) is 84.6 Å². The molecule has 1 aromatic heterocycles. The third-order valence-electron chi connectivity index (χ3n) is 5.71. The van der Waals surface area contributed by atoms with Crippen LogP contribution in [0.2, 0.25) is 5.02 Å². The van der Waals surface area contributed by atoms with E-state index in [1.165, 1.54) is 11.3 Å². The summed E-state index contributed by atoms with van der Waals surface area (Å²) < 4.78 is 0. The number of carbonyl (C=O) groups is 1. The number of piperazine rings is 2. The van der Waals surface area contributed by atoms with Gasteiger partial charge in [0.1, 0.15) is 0 Å². The van der Waals surface area contributed by atoms with Gasteiger partial charge in [-0.3, -0.25) is 9.69 Å². The zero-order valence-corrected chi connectivity index (χ0v) is 17.6. The lowest BCUT2D eigenvalue weighted by Crippen LogP contribution is -2.54. The molecule has 1 amide bonds. The molecule has 2 aliphatic heterocycles. The Morgan fingerprint density at radius 2 is 1.62 bits per heavy atom. The predicted octanol–water partition coefficient (Wildman–Crippen LogP) is 1.91. The minimum Gasteiger partial charge on any atom is -0.369 e. The van der Waals surface area contributed by atoms with Gasteiger partial charge in [0, 0.05) is 75.5 Å². The van der Waals surface area contributed by atoms with Gasteiger partial charge in [-0.05, 0) is 30.7 Å². The third kappa shape index (κ3) is 4.79. The molecule has 0 atom stereocenters. The van der Waals surface area contributed by atoms with E-state index in [-0.39, 0.29) is 5.91 Å². The SMILES string of the molecule is Cc1ccc(Cl)cc1N1CCN(CC(=O)N2CCN(c3ncccn3)CC2)CC1. The molecule has 0 aliphatic carbocycles.